The fourth-order valence-electron chi connectivity index (χ4n) is 2.40. The van der Waals surface area contributed by atoms with Crippen molar-refractivity contribution in [3.05, 3.63) is 83.6 Å². The Morgan fingerprint density at radius 1 is 0.962 bits per heavy atom. The van der Waals surface area contributed by atoms with Crippen LogP contribution >= 0.6 is 0 Å². The molecule has 7 heteroatoms. The largest absolute Gasteiger partial charge is 0.478 e. The predicted octanol–water partition coefficient (Wildman–Crippen LogP) is 3.98. The van der Waals surface area contributed by atoms with E-state index in [1.54, 1.807) is 6.07 Å². The maximum Gasteiger partial charge on any atom is 0.337 e. The first-order valence-corrected chi connectivity index (χ1v) is 7.51. The van der Waals surface area contributed by atoms with Crippen LogP contribution in [-0.2, 0) is 0 Å². The maximum absolute atomic E-state index is 14.1. The molecule has 0 aliphatic carbocycles. The van der Waals surface area contributed by atoms with Crippen LogP contribution in [0.4, 0.5) is 14.6 Å². The van der Waals surface area contributed by atoms with E-state index in [-0.39, 0.29) is 28.1 Å². The van der Waals surface area contributed by atoms with E-state index in [4.69, 9.17) is 5.11 Å². The van der Waals surface area contributed by atoms with E-state index in [1.807, 2.05) is 0 Å². The van der Waals surface area contributed by atoms with Gasteiger partial charge in [-0.15, -0.1) is 0 Å². The number of rotatable bonds is 4. The number of hydrogen-bond donors (Lipinski definition) is 2. The Morgan fingerprint density at radius 3 is 2.38 bits per heavy atom. The van der Waals surface area contributed by atoms with Crippen LogP contribution in [0.15, 0.2) is 60.8 Å². The highest BCUT2D eigenvalue weighted by atomic mass is 19.1. The lowest BCUT2D eigenvalue weighted by Crippen LogP contribution is -2.15. The molecule has 0 aliphatic heterocycles. The van der Waals surface area contributed by atoms with Crippen LogP contribution in [0.3, 0.4) is 0 Å². The highest BCUT2D eigenvalue weighted by Crippen LogP contribution is 2.27. The Morgan fingerprint density at radius 2 is 1.73 bits per heavy atom. The third-order valence-electron chi connectivity index (χ3n) is 3.64. The van der Waals surface area contributed by atoms with Gasteiger partial charge in [-0.3, -0.25) is 4.79 Å². The van der Waals surface area contributed by atoms with E-state index >= 15 is 0 Å². The van der Waals surface area contributed by atoms with Gasteiger partial charge in [-0.05, 0) is 35.9 Å². The normalized spacial score (nSPS) is 10.4. The summed E-state index contributed by atoms with van der Waals surface area (Å²) in [6, 6.07) is 11.9. The minimum Gasteiger partial charge on any atom is -0.478 e. The second-order valence-corrected chi connectivity index (χ2v) is 5.36. The molecule has 5 nitrogen and oxygen atoms in total. The van der Waals surface area contributed by atoms with E-state index in [9.17, 15) is 18.4 Å². The van der Waals surface area contributed by atoms with Crippen molar-refractivity contribution < 1.29 is 23.5 Å². The number of aromatic carboxylic acids is 1. The number of carbonyl (C=O) groups excluding carboxylic acids is 1. The van der Waals surface area contributed by atoms with Crippen LogP contribution in [0.5, 0.6) is 0 Å². The number of carboxylic acids is 1. The molecule has 0 unspecified atom stereocenters. The van der Waals surface area contributed by atoms with Gasteiger partial charge in [0, 0.05) is 11.8 Å². The number of anilines is 1. The second-order valence-electron chi connectivity index (χ2n) is 5.36. The number of carbonyl (C=O) groups is 2. The molecule has 0 aliphatic rings. The van der Waals surface area contributed by atoms with E-state index < -0.39 is 23.5 Å². The van der Waals surface area contributed by atoms with Gasteiger partial charge in [-0.25, -0.2) is 18.6 Å². The number of hydrogen-bond acceptors (Lipinski definition) is 3. The Balaban J connectivity index is 1.95. The molecule has 0 fully saturated rings. The molecule has 130 valence electrons. The molecule has 3 aromatic rings. The zero-order valence-corrected chi connectivity index (χ0v) is 13.2. The summed E-state index contributed by atoms with van der Waals surface area (Å²) >= 11 is 0. The van der Waals surface area contributed by atoms with Gasteiger partial charge in [-0.1, -0.05) is 24.3 Å². The minimum absolute atomic E-state index is 0.0409. The summed E-state index contributed by atoms with van der Waals surface area (Å²) in [4.78, 5) is 27.2. The average Bonchev–Trinajstić information content (AvgIpc) is 2.63. The Hall–Kier alpha value is -3.61. The summed E-state index contributed by atoms with van der Waals surface area (Å²) in [5.74, 6) is -2.95. The minimum atomic E-state index is -1.15. The van der Waals surface area contributed by atoms with Crippen LogP contribution in [0.25, 0.3) is 11.1 Å². The predicted molar refractivity (Wildman–Crippen MR) is 90.9 cm³/mol. The topological polar surface area (TPSA) is 79.3 Å². The van der Waals surface area contributed by atoms with E-state index in [2.05, 4.69) is 10.3 Å². The molecule has 3 rings (SSSR count). The molecule has 0 atom stereocenters. The number of benzene rings is 2. The summed E-state index contributed by atoms with van der Waals surface area (Å²) in [5.41, 5.74) is 0.274. The molecule has 0 radical (unpaired) electrons. The zero-order valence-electron chi connectivity index (χ0n) is 13.2. The third kappa shape index (κ3) is 3.56. The number of aromatic nitrogens is 1. The van der Waals surface area contributed by atoms with Crippen molar-refractivity contribution in [2.45, 2.75) is 0 Å². The highest BCUT2D eigenvalue weighted by Gasteiger charge is 2.17. The van der Waals surface area contributed by atoms with Crippen molar-refractivity contribution in [1.29, 1.82) is 0 Å². The number of amides is 1. The van der Waals surface area contributed by atoms with E-state index in [1.165, 1.54) is 36.4 Å². The standard InChI is InChI=1S/C19H12F2N2O3/c20-12-6-7-13(14-3-1-2-4-16(14)21)15(9-12)18(24)23-17-8-5-11(10-22-17)19(25)26/h1-10H,(H,25,26)(H,22,23,24). The number of pyridine rings is 1. The molecule has 2 N–H and O–H groups in total. The molecular weight excluding hydrogens is 342 g/mol. The number of halogens is 2. The lowest BCUT2D eigenvalue weighted by molar-refractivity contribution is 0.0696. The quantitative estimate of drug-likeness (QED) is 0.743. The van der Waals surface area contributed by atoms with Crippen LogP contribution < -0.4 is 5.32 Å². The molecule has 26 heavy (non-hydrogen) atoms. The van der Waals surface area contributed by atoms with Gasteiger partial charge in [0.1, 0.15) is 17.5 Å². The van der Waals surface area contributed by atoms with Gasteiger partial charge >= 0.3 is 5.97 Å². The molecule has 0 saturated heterocycles. The van der Waals surface area contributed by atoms with Crippen LogP contribution in [0.2, 0.25) is 0 Å². The Labute approximate surface area is 146 Å². The molecule has 0 bridgehead atoms. The molecule has 0 saturated carbocycles. The lowest BCUT2D eigenvalue weighted by Gasteiger charge is -2.11. The van der Waals surface area contributed by atoms with Crippen molar-refractivity contribution >= 4 is 17.7 Å². The third-order valence-corrected chi connectivity index (χ3v) is 3.64. The summed E-state index contributed by atoms with van der Waals surface area (Å²) < 4.78 is 27.7. The van der Waals surface area contributed by atoms with Gasteiger partial charge in [0.05, 0.1) is 11.1 Å². The second kappa shape index (κ2) is 7.10. The molecule has 1 amide bonds. The highest BCUT2D eigenvalue weighted by molar-refractivity contribution is 6.08. The van der Waals surface area contributed by atoms with Crippen LogP contribution in [0.1, 0.15) is 20.7 Å². The van der Waals surface area contributed by atoms with Gasteiger partial charge < -0.3 is 10.4 Å². The van der Waals surface area contributed by atoms with E-state index in [0.717, 1.165) is 18.3 Å². The lowest BCUT2D eigenvalue weighted by atomic mass is 9.98. The van der Waals surface area contributed by atoms with Gasteiger partial charge in [0.25, 0.3) is 5.91 Å². The van der Waals surface area contributed by atoms with Crippen molar-refractivity contribution in [2.24, 2.45) is 0 Å². The van der Waals surface area contributed by atoms with Crippen molar-refractivity contribution in [2.75, 3.05) is 5.32 Å². The summed E-state index contributed by atoms with van der Waals surface area (Å²) in [6.07, 6.45) is 1.08. The van der Waals surface area contributed by atoms with E-state index in [0.29, 0.717) is 0 Å². The van der Waals surface area contributed by atoms with Crippen molar-refractivity contribution in [3.8, 4) is 11.1 Å². The number of carboxylic acid groups (broad SMARTS) is 1. The van der Waals surface area contributed by atoms with Crippen LogP contribution in [0, 0.1) is 11.6 Å². The molecule has 0 spiro atoms. The van der Waals surface area contributed by atoms with Gasteiger partial charge in [0.2, 0.25) is 0 Å². The monoisotopic (exact) mass is 354 g/mol. The number of nitrogens with zero attached hydrogens (tertiary/aromatic N) is 1. The summed E-state index contributed by atoms with van der Waals surface area (Å²) in [7, 11) is 0. The first-order valence-electron chi connectivity index (χ1n) is 7.51. The fourth-order valence-corrected chi connectivity index (χ4v) is 2.40. The van der Waals surface area contributed by atoms with Crippen molar-refractivity contribution in [1.82, 2.24) is 4.98 Å². The molecular formula is C19H12F2N2O3. The first kappa shape index (κ1) is 17.2. The maximum atomic E-state index is 14.1. The molecule has 1 heterocycles. The molecule has 2 aromatic carbocycles. The summed E-state index contributed by atoms with van der Waals surface area (Å²) in [6.45, 7) is 0. The van der Waals surface area contributed by atoms with Gasteiger partial charge in [0.15, 0.2) is 0 Å². The van der Waals surface area contributed by atoms with Gasteiger partial charge in [-0.2, -0.15) is 0 Å². The smallest absolute Gasteiger partial charge is 0.337 e. The Bertz CT molecular complexity index is 988. The van der Waals surface area contributed by atoms with Crippen molar-refractivity contribution in [3.63, 3.8) is 0 Å². The number of nitrogens with one attached hydrogen (secondary N) is 1. The zero-order chi connectivity index (χ0) is 18.7. The average molecular weight is 354 g/mol. The SMILES string of the molecule is O=C(O)c1ccc(NC(=O)c2cc(F)ccc2-c2ccccc2F)nc1. The Kier molecular flexibility index (Phi) is 4.70. The fraction of sp³-hybridized carbons (Fsp3) is 0. The molecule has 1 aromatic heterocycles. The summed E-state index contributed by atoms with van der Waals surface area (Å²) in [5, 5.41) is 11.3. The van der Waals surface area contributed by atoms with Crippen LogP contribution in [-0.4, -0.2) is 22.0 Å². The first-order chi connectivity index (χ1) is 12.5.